The Kier molecular flexibility index (Phi) is 3.79. The van der Waals surface area contributed by atoms with E-state index in [1.165, 1.54) is 0 Å². The SMILES string of the molecule is Cc1ccc2c(CC(=O)N3CCN(C(=O)C4CC4)CC3)coc2c1. The summed E-state index contributed by atoms with van der Waals surface area (Å²) in [5.41, 5.74) is 2.91. The average Bonchev–Trinajstić information content (AvgIpc) is 3.37. The van der Waals surface area contributed by atoms with Gasteiger partial charge < -0.3 is 14.2 Å². The number of fused-ring (bicyclic) bond motifs is 1. The molecule has 0 radical (unpaired) electrons. The summed E-state index contributed by atoms with van der Waals surface area (Å²) in [6.45, 7) is 4.60. The van der Waals surface area contributed by atoms with Crippen LogP contribution in [0.3, 0.4) is 0 Å². The predicted octanol–water partition coefficient (Wildman–Crippen LogP) is 2.36. The Hall–Kier alpha value is -2.30. The molecule has 1 saturated carbocycles. The van der Waals surface area contributed by atoms with Gasteiger partial charge in [0.1, 0.15) is 5.58 Å². The first kappa shape index (κ1) is 15.2. The summed E-state index contributed by atoms with van der Waals surface area (Å²) in [6.07, 6.45) is 4.11. The number of hydrogen-bond acceptors (Lipinski definition) is 3. The normalized spacial score (nSPS) is 18.2. The van der Waals surface area contributed by atoms with E-state index in [1.807, 2.05) is 34.9 Å². The summed E-state index contributed by atoms with van der Waals surface area (Å²) in [6, 6.07) is 6.04. The minimum Gasteiger partial charge on any atom is -0.464 e. The van der Waals surface area contributed by atoms with Crippen LogP contribution in [0.5, 0.6) is 0 Å². The Morgan fingerprint density at radius 3 is 2.54 bits per heavy atom. The fraction of sp³-hybridized carbons (Fsp3) is 0.474. The Balaban J connectivity index is 1.38. The predicted molar refractivity (Wildman–Crippen MR) is 90.5 cm³/mol. The number of benzene rings is 1. The second kappa shape index (κ2) is 5.96. The van der Waals surface area contributed by atoms with Gasteiger partial charge in [-0.15, -0.1) is 0 Å². The smallest absolute Gasteiger partial charge is 0.227 e. The van der Waals surface area contributed by atoms with Gasteiger partial charge in [0.05, 0.1) is 12.7 Å². The highest BCUT2D eigenvalue weighted by molar-refractivity contribution is 5.88. The van der Waals surface area contributed by atoms with Crippen LogP contribution in [-0.2, 0) is 16.0 Å². The summed E-state index contributed by atoms with van der Waals surface area (Å²) in [5.74, 6) is 0.642. The van der Waals surface area contributed by atoms with E-state index in [0.29, 0.717) is 32.6 Å². The van der Waals surface area contributed by atoms with Gasteiger partial charge in [0, 0.05) is 43.0 Å². The van der Waals surface area contributed by atoms with Crippen LogP contribution in [0.2, 0.25) is 0 Å². The third-order valence-electron chi connectivity index (χ3n) is 5.02. The highest BCUT2D eigenvalue weighted by Crippen LogP contribution is 2.31. The number of aryl methyl sites for hydroxylation is 1. The largest absolute Gasteiger partial charge is 0.464 e. The number of amides is 2. The highest BCUT2D eigenvalue weighted by Gasteiger charge is 2.35. The molecule has 0 atom stereocenters. The van der Waals surface area contributed by atoms with Gasteiger partial charge in [-0.3, -0.25) is 9.59 Å². The first-order chi connectivity index (χ1) is 11.6. The molecule has 2 fully saturated rings. The number of rotatable bonds is 3. The zero-order valence-electron chi connectivity index (χ0n) is 14.0. The van der Waals surface area contributed by atoms with Gasteiger partial charge in [-0.1, -0.05) is 12.1 Å². The lowest BCUT2D eigenvalue weighted by molar-refractivity contribution is -0.139. The molecule has 0 bridgehead atoms. The number of carbonyl (C=O) groups excluding carboxylic acids is 2. The lowest BCUT2D eigenvalue weighted by Gasteiger charge is -2.35. The van der Waals surface area contributed by atoms with Crippen molar-refractivity contribution < 1.29 is 14.0 Å². The summed E-state index contributed by atoms with van der Waals surface area (Å²) >= 11 is 0. The Labute approximate surface area is 141 Å². The van der Waals surface area contributed by atoms with Gasteiger partial charge in [0.25, 0.3) is 0 Å². The number of nitrogens with zero attached hydrogens (tertiary/aromatic N) is 2. The van der Waals surface area contributed by atoms with E-state index >= 15 is 0 Å². The van der Waals surface area contributed by atoms with Crippen LogP contribution in [0.1, 0.15) is 24.0 Å². The molecule has 0 unspecified atom stereocenters. The van der Waals surface area contributed by atoms with E-state index in [9.17, 15) is 9.59 Å². The van der Waals surface area contributed by atoms with Crippen LogP contribution < -0.4 is 0 Å². The molecule has 1 saturated heterocycles. The summed E-state index contributed by atoms with van der Waals surface area (Å²) in [4.78, 5) is 28.4. The summed E-state index contributed by atoms with van der Waals surface area (Å²) in [7, 11) is 0. The molecule has 24 heavy (non-hydrogen) atoms. The topological polar surface area (TPSA) is 53.8 Å². The molecule has 2 aliphatic rings. The number of hydrogen-bond donors (Lipinski definition) is 0. The minimum atomic E-state index is 0.108. The molecule has 2 aromatic rings. The number of furan rings is 1. The van der Waals surface area contributed by atoms with Crippen molar-refractivity contribution in [2.75, 3.05) is 26.2 Å². The highest BCUT2D eigenvalue weighted by atomic mass is 16.3. The van der Waals surface area contributed by atoms with Crippen molar-refractivity contribution in [2.45, 2.75) is 26.2 Å². The summed E-state index contributed by atoms with van der Waals surface area (Å²) in [5, 5.41) is 1.01. The van der Waals surface area contributed by atoms with Crippen molar-refractivity contribution in [1.29, 1.82) is 0 Å². The average molecular weight is 326 g/mol. The van der Waals surface area contributed by atoms with Gasteiger partial charge in [-0.2, -0.15) is 0 Å². The molecule has 1 aromatic heterocycles. The molecule has 2 heterocycles. The van der Waals surface area contributed by atoms with Crippen molar-refractivity contribution in [1.82, 2.24) is 9.80 Å². The van der Waals surface area contributed by atoms with Gasteiger partial charge in [-0.25, -0.2) is 0 Å². The minimum absolute atomic E-state index is 0.108. The monoisotopic (exact) mass is 326 g/mol. The van der Waals surface area contributed by atoms with E-state index in [0.717, 1.165) is 34.9 Å². The van der Waals surface area contributed by atoms with Crippen molar-refractivity contribution >= 4 is 22.8 Å². The third kappa shape index (κ3) is 2.90. The fourth-order valence-corrected chi connectivity index (χ4v) is 3.37. The van der Waals surface area contributed by atoms with Crippen LogP contribution in [0.25, 0.3) is 11.0 Å². The molecule has 2 amide bonds. The summed E-state index contributed by atoms with van der Waals surface area (Å²) < 4.78 is 5.58. The molecule has 5 heteroatoms. The van der Waals surface area contributed by atoms with E-state index < -0.39 is 0 Å². The molecule has 1 aliphatic carbocycles. The molecular weight excluding hydrogens is 304 g/mol. The van der Waals surface area contributed by atoms with E-state index in [1.54, 1.807) is 6.26 Å². The van der Waals surface area contributed by atoms with Crippen molar-refractivity contribution in [3.8, 4) is 0 Å². The standard InChI is InChI=1S/C19H22N2O3/c1-13-2-5-16-15(12-24-17(16)10-13)11-18(22)20-6-8-21(9-7-20)19(23)14-3-4-14/h2,5,10,12,14H,3-4,6-9,11H2,1H3. The zero-order chi connectivity index (χ0) is 16.7. The third-order valence-corrected chi connectivity index (χ3v) is 5.02. The molecule has 0 N–H and O–H groups in total. The van der Waals surface area contributed by atoms with Crippen LogP contribution in [0.15, 0.2) is 28.9 Å². The molecule has 1 aliphatic heterocycles. The lowest BCUT2D eigenvalue weighted by Crippen LogP contribution is -2.51. The quantitative estimate of drug-likeness (QED) is 0.870. The van der Waals surface area contributed by atoms with Gasteiger partial charge in [-0.05, 0) is 31.4 Å². The fourth-order valence-electron chi connectivity index (χ4n) is 3.37. The molecule has 126 valence electrons. The zero-order valence-corrected chi connectivity index (χ0v) is 14.0. The van der Waals surface area contributed by atoms with Crippen molar-refractivity contribution in [2.24, 2.45) is 5.92 Å². The Morgan fingerprint density at radius 1 is 1.12 bits per heavy atom. The molecule has 4 rings (SSSR count). The maximum absolute atomic E-state index is 12.6. The maximum atomic E-state index is 12.6. The van der Waals surface area contributed by atoms with E-state index in [-0.39, 0.29) is 17.7 Å². The number of carbonyl (C=O) groups is 2. The molecule has 5 nitrogen and oxygen atoms in total. The number of piperazine rings is 1. The van der Waals surface area contributed by atoms with E-state index in [2.05, 4.69) is 0 Å². The second-order valence-corrected chi connectivity index (χ2v) is 6.92. The van der Waals surface area contributed by atoms with Crippen LogP contribution >= 0.6 is 0 Å². The second-order valence-electron chi connectivity index (χ2n) is 6.92. The Morgan fingerprint density at radius 2 is 1.83 bits per heavy atom. The van der Waals surface area contributed by atoms with Crippen molar-refractivity contribution in [3.63, 3.8) is 0 Å². The van der Waals surface area contributed by atoms with Gasteiger partial charge in [0.15, 0.2) is 0 Å². The van der Waals surface area contributed by atoms with Crippen molar-refractivity contribution in [3.05, 3.63) is 35.6 Å². The lowest BCUT2D eigenvalue weighted by atomic mass is 10.1. The van der Waals surface area contributed by atoms with Gasteiger partial charge in [0.2, 0.25) is 11.8 Å². The molecule has 1 aromatic carbocycles. The molecule has 0 spiro atoms. The molecular formula is C19H22N2O3. The van der Waals surface area contributed by atoms with Crippen LogP contribution in [0, 0.1) is 12.8 Å². The Bertz CT molecular complexity index is 783. The van der Waals surface area contributed by atoms with Gasteiger partial charge >= 0.3 is 0 Å². The van der Waals surface area contributed by atoms with Crippen LogP contribution in [0.4, 0.5) is 0 Å². The van der Waals surface area contributed by atoms with E-state index in [4.69, 9.17) is 4.42 Å². The first-order valence-electron chi connectivity index (χ1n) is 8.65. The van der Waals surface area contributed by atoms with Crippen LogP contribution in [-0.4, -0.2) is 47.8 Å². The first-order valence-corrected chi connectivity index (χ1v) is 8.65. The maximum Gasteiger partial charge on any atom is 0.227 e.